The van der Waals surface area contributed by atoms with E-state index in [1.54, 1.807) is 0 Å². The van der Waals surface area contributed by atoms with Crippen LogP contribution in [0.4, 0.5) is 0 Å². The van der Waals surface area contributed by atoms with E-state index in [0.29, 0.717) is 18.5 Å². The zero-order chi connectivity index (χ0) is 23.2. The van der Waals surface area contributed by atoms with Crippen molar-refractivity contribution in [2.24, 2.45) is 0 Å². The van der Waals surface area contributed by atoms with Gasteiger partial charge in [0.25, 0.3) is 5.91 Å². The lowest BCUT2D eigenvalue weighted by atomic mass is 9.85. The Morgan fingerprint density at radius 3 is 2.58 bits per heavy atom. The Hall–Kier alpha value is -3.65. The quantitative estimate of drug-likeness (QED) is 0.640. The molecular weight excluding hydrogens is 410 g/mol. The first kappa shape index (κ1) is 21.2. The fourth-order valence-corrected chi connectivity index (χ4v) is 5.16. The van der Waals surface area contributed by atoms with E-state index in [4.69, 9.17) is 0 Å². The third-order valence-electron chi connectivity index (χ3n) is 7.13. The minimum atomic E-state index is -0.528. The van der Waals surface area contributed by atoms with Gasteiger partial charge in [-0.25, -0.2) is 0 Å². The Morgan fingerprint density at radius 1 is 1.06 bits per heavy atom. The molecule has 1 N–H and O–H groups in total. The second-order valence-electron chi connectivity index (χ2n) is 9.66. The fourth-order valence-electron chi connectivity index (χ4n) is 5.16. The number of amides is 2. The number of nitrogens with one attached hydrogen (secondary N) is 1. The Morgan fingerprint density at radius 2 is 1.82 bits per heavy atom. The lowest BCUT2D eigenvalue weighted by Crippen LogP contribution is -2.42. The Kier molecular flexibility index (Phi) is 5.17. The summed E-state index contributed by atoms with van der Waals surface area (Å²) in [6, 6.07) is 22.6. The molecule has 3 aromatic carbocycles. The molecule has 2 saturated heterocycles. The van der Waals surface area contributed by atoms with Crippen LogP contribution in [0.15, 0.2) is 60.7 Å². The number of rotatable bonds is 3. The second-order valence-corrected chi connectivity index (χ2v) is 9.66. The van der Waals surface area contributed by atoms with Crippen molar-refractivity contribution in [2.45, 2.75) is 50.6 Å². The van der Waals surface area contributed by atoms with Crippen LogP contribution in [0.2, 0.25) is 0 Å². The van der Waals surface area contributed by atoms with Crippen LogP contribution >= 0.6 is 0 Å². The Bertz CT molecular complexity index is 1290. The standard InChI is InChI=1S/C28H27N3O2/c1-28(2,17-29)21-9-6-18(7-10-21)24-5-3-4-19-14-20(8-13-25(19)24)27(33)31-22-11-12-23(31)16-30-26(32)15-22/h3-10,13-14,22-23H,11-12,15-16H2,1-2H3,(H,30,32)/t22-,23+/m1/s1. The molecule has 0 aromatic heterocycles. The number of benzene rings is 3. The molecule has 2 aliphatic rings. The molecule has 2 amide bonds. The zero-order valence-corrected chi connectivity index (χ0v) is 19.0. The fraction of sp³-hybridized carbons (Fsp3) is 0.321. The number of nitrogens with zero attached hydrogens (tertiary/aromatic N) is 2. The van der Waals surface area contributed by atoms with Gasteiger partial charge in [0.15, 0.2) is 0 Å². The Balaban J connectivity index is 1.48. The van der Waals surface area contributed by atoms with Crippen molar-refractivity contribution in [1.82, 2.24) is 10.2 Å². The molecule has 2 aliphatic heterocycles. The van der Waals surface area contributed by atoms with Gasteiger partial charge < -0.3 is 10.2 Å². The summed E-state index contributed by atoms with van der Waals surface area (Å²) in [6.45, 7) is 4.37. The van der Waals surface area contributed by atoms with Crippen molar-refractivity contribution in [3.05, 3.63) is 71.8 Å². The highest BCUT2D eigenvalue weighted by molar-refractivity contribution is 6.03. The van der Waals surface area contributed by atoms with Gasteiger partial charge in [-0.2, -0.15) is 5.26 Å². The second kappa shape index (κ2) is 8.04. The highest BCUT2D eigenvalue weighted by Crippen LogP contribution is 2.33. The van der Waals surface area contributed by atoms with Crippen LogP contribution in [-0.2, 0) is 10.2 Å². The van der Waals surface area contributed by atoms with Crippen LogP contribution in [0.25, 0.3) is 21.9 Å². The molecule has 0 radical (unpaired) electrons. The minimum absolute atomic E-state index is 0.00870. The first-order valence-corrected chi connectivity index (χ1v) is 11.5. The van der Waals surface area contributed by atoms with E-state index in [9.17, 15) is 14.9 Å². The third-order valence-corrected chi connectivity index (χ3v) is 7.13. The molecule has 5 heteroatoms. The first-order valence-electron chi connectivity index (χ1n) is 11.5. The topological polar surface area (TPSA) is 73.2 Å². The number of fused-ring (bicyclic) bond motifs is 3. The molecule has 0 unspecified atom stereocenters. The molecule has 2 heterocycles. The van der Waals surface area contributed by atoms with Gasteiger partial charge in [-0.1, -0.05) is 48.5 Å². The van der Waals surface area contributed by atoms with Crippen molar-refractivity contribution in [3.8, 4) is 17.2 Å². The smallest absolute Gasteiger partial charge is 0.254 e. The van der Waals surface area contributed by atoms with Crippen molar-refractivity contribution >= 4 is 22.6 Å². The molecule has 2 fully saturated rings. The molecule has 0 aliphatic carbocycles. The van der Waals surface area contributed by atoms with E-state index in [2.05, 4.69) is 29.6 Å². The van der Waals surface area contributed by atoms with Crippen molar-refractivity contribution in [2.75, 3.05) is 6.54 Å². The van der Waals surface area contributed by atoms with E-state index in [1.165, 1.54) is 0 Å². The minimum Gasteiger partial charge on any atom is -0.354 e. The SMILES string of the molecule is CC(C)(C#N)c1ccc(-c2cccc3cc(C(=O)N4[C@@H]5CC[C@H]4CNC(=O)C5)ccc23)cc1. The lowest BCUT2D eigenvalue weighted by Gasteiger charge is -2.27. The zero-order valence-electron chi connectivity index (χ0n) is 19.0. The summed E-state index contributed by atoms with van der Waals surface area (Å²) in [6.07, 6.45) is 2.21. The molecule has 33 heavy (non-hydrogen) atoms. The molecule has 2 atom stereocenters. The van der Waals surface area contributed by atoms with Crippen molar-refractivity contribution < 1.29 is 9.59 Å². The van der Waals surface area contributed by atoms with E-state index >= 15 is 0 Å². The monoisotopic (exact) mass is 437 g/mol. The van der Waals surface area contributed by atoms with Crippen molar-refractivity contribution in [3.63, 3.8) is 0 Å². The van der Waals surface area contributed by atoms with E-state index in [1.807, 2.05) is 61.2 Å². The summed E-state index contributed by atoms with van der Waals surface area (Å²) in [5, 5.41) is 14.4. The molecule has 0 saturated carbocycles. The summed E-state index contributed by atoms with van der Waals surface area (Å²) in [4.78, 5) is 27.3. The van der Waals surface area contributed by atoms with Crippen LogP contribution in [0.3, 0.4) is 0 Å². The number of carbonyl (C=O) groups excluding carboxylic acids is 2. The van der Waals surface area contributed by atoms with Crippen molar-refractivity contribution in [1.29, 1.82) is 5.26 Å². The van der Waals surface area contributed by atoms with Crippen LogP contribution < -0.4 is 5.32 Å². The number of carbonyl (C=O) groups is 2. The number of nitriles is 1. The maximum Gasteiger partial charge on any atom is 0.254 e. The molecule has 5 rings (SSSR count). The molecule has 3 aromatic rings. The van der Waals surface area contributed by atoms with Gasteiger partial charge in [-0.3, -0.25) is 9.59 Å². The van der Waals surface area contributed by atoms with Gasteiger partial charge in [-0.15, -0.1) is 0 Å². The highest BCUT2D eigenvalue weighted by atomic mass is 16.2. The van der Waals surface area contributed by atoms with Crippen LogP contribution in [-0.4, -0.2) is 35.3 Å². The third kappa shape index (κ3) is 3.76. The number of hydrogen-bond acceptors (Lipinski definition) is 3. The average molecular weight is 438 g/mol. The average Bonchev–Trinajstić information content (AvgIpc) is 3.15. The summed E-state index contributed by atoms with van der Waals surface area (Å²) >= 11 is 0. The van der Waals surface area contributed by atoms with Gasteiger partial charge >= 0.3 is 0 Å². The van der Waals surface area contributed by atoms with Gasteiger partial charge in [0.2, 0.25) is 5.91 Å². The molecule has 5 nitrogen and oxygen atoms in total. The van der Waals surface area contributed by atoms with Gasteiger partial charge in [0.1, 0.15) is 0 Å². The first-order chi connectivity index (χ1) is 15.9. The summed E-state index contributed by atoms with van der Waals surface area (Å²) in [5.74, 6) is 0.0433. The van der Waals surface area contributed by atoms with E-state index in [0.717, 1.165) is 40.3 Å². The normalized spacial score (nSPS) is 20.3. The highest BCUT2D eigenvalue weighted by Gasteiger charge is 2.40. The van der Waals surface area contributed by atoms with Crippen LogP contribution in [0, 0.1) is 11.3 Å². The Labute approximate surface area is 194 Å². The maximum atomic E-state index is 13.4. The molecule has 2 bridgehead atoms. The van der Waals surface area contributed by atoms with Gasteiger partial charge in [0, 0.05) is 30.6 Å². The summed E-state index contributed by atoms with van der Waals surface area (Å²) in [5.41, 5.74) is 3.29. The summed E-state index contributed by atoms with van der Waals surface area (Å²) < 4.78 is 0. The van der Waals surface area contributed by atoms with E-state index in [-0.39, 0.29) is 23.9 Å². The lowest BCUT2D eigenvalue weighted by molar-refractivity contribution is -0.121. The maximum absolute atomic E-state index is 13.4. The van der Waals surface area contributed by atoms with Crippen LogP contribution in [0.5, 0.6) is 0 Å². The molecule has 0 spiro atoms. The van der Waals surface area contributed by atoms with Gasteiger partial charge in [0.05, 0.1) is 11.5 Å². The molecule has 166 valence electrons. The van der Waals surface area contributed by atoms with Gasteiger partial charge in [-0.05, 0) is 66.3 Å². The molecular formula is C28H27N3O2. The van der Waals surface area contributed by atoms with E-state index < -0.39 is 5.41 Å². The predicted molar refractivity (Wildman–Crippen MR) is 129 cm³/mol. The largest absolute Gasteiger partial charge is 0.354 e. The number of hydrogen-bond donors (Lipinski definition) is 1. The summed E-state index contributed by atoms with van der Waals surface area (Å²) in [7, 11) is 0. The predicted octanol–water partition coefficient (Wildman–Crippen LogP) is 4.80. The van der Waals surface area contributed by atoms with Crippen LogP contribution in [0.1, 0.15) is 49.0 Å².